The van der Waals surface area contributed by atoms with Gasteiger partial charge in [-0.05, 0) is 18.8 Å². The van der Waals surface area contributed by atoms with E-state index in [2.05, 4.69) is 10.2 Å². The second-order valence-electron chi connectivity index (χ2n) is 3.12. The Morgan fingerprint density at radius 2 is 2.50 bits per heavy atom. The summed E-state index contributed by atoms with van der Waals surface area (Å²) in [6, 6.07) is 0. The first-order valence-electron chi connectivity index (χ1n) is 3.94. The van der Waals surface area contributed by atoms with E-state index in [0.717, 1.165) is 6.42 Å². The number of hydrogen-bond donors (Lipinski definition) is 1. The lowest BCUT2D eigenvalue weighted by Crippen LogP contribution is -1.94. The quantitative estimate of drug-likeness (QED) is 0.544. The highest BCUT2D eigenvalue weighted by Gasteiger charge is 2.27. The summed E-state index contributed by atoms with van der Waals surface area (Å²) in [6.45, 7) is 0. The lowest BCUT2D eigenvalue weighted by molar-refractivity contribution is -0.385. The summed E-state index contributed by atoms with van der Waals surface area (Å²) in [5.74, 6) is 0.631. The number of rotatable bonds is 3. The van der Waals surface area contributed by atoms with Crippen LogP contribution in [0.5, 0.6) is 0 Å². The van der Waals surface area contributed by atoms with Crippen molar-refractivity contribution in [1.82, 2.24) is 10.2 Å². The maximum absolute atomic E-state index is 10.4. The molecule has 1 fully saturated rings. The van der Waals surface area contributed by atoms with Crippen molar-refractivity contribution >= 4 is 5.69 Å². The topological polar surface area (TPSA) is 71.8 Å². The first kappa shape index (κ1) is 7.27. The van der Waals surface area contributed by atoms with Gasteiger partial charge in [0.15, 0.2) is 0 Å². The SMILES string of the molecule is O=[N+]([O-])c1c[nH]nc1CC1CC1. The molecule has 12 heavy (non-hydrogen) atoms. The van der Waals surface area contributed by atoms with Crippen molar-refractivity contribution in [3.8, 4) is 0 Å². The van der Waals surface area contributed by atoms with E-state index in [-0.39, 0.29) is 10.6 Å². The molecule has 5 heteroatoms. The fraction of sp³-hybridized carbons (Fsp3) is 0.571. The van der Waals surface area contributed by atoms with Gasteiger partial charge >= 0.3 is 5.69 Å². The first-order valence-corrected chi connectivity index (χ1v) is 3.94. The van der Waals surface area contributed by atoms with Gasteiger partial charge in [-0.2, -0.15) is 5.10 Å². The minimum absolute atomic E-state index is 0.127. The van der Waals surface area contributed by atoms with Crippen molar-refractivity contribution in [2.45, 2.75) is 19.3 Å². The molecule has 0 saturated heterocycles. The highest BCUT2D eigenvalue weighted by atomic mass is 16.6. The van der Waals surface area contributed by atoms with Crippen LogP contribution >= 0.6 is 0 Å². The average Bonchev–Trinajstić information content (AvgIpc) is 2.66. The molecule has 0 spiro atoms. The number of nitrogens with one attached hydrogen (secondary N) is 1. The van der Waals surface area contributed by atoms with Gasteiger partial charge in [0.1, 0.15) is 5.69 Å². The van der Waals surface area contributed by atoms with Gasteiger partial charge in [-0.3, -0.25) is 15.2 Å². The van der Waals surface area contributed by atoms with Crippen molar-refractivity contribution in [1.29, 1.82) is 0 Å². The largest absolute Gasteiger partial charge is 0.309 e. The molecule has 0 aromatic carbocycles. The van der Waals surface area contributed by atoms with Gasteiger partial charge in [0.05, 0.1) is 11.1 Å². The Bertz CT molecular complexity index is 303. The second-order valence-corrected chi connectivity index (χ2v) is 3.12. The molecule has 0 aliphatic heterocycles. The van der Waals surface area contributed by atoms with Crippen LogP contribution in [0.3, 0.4) is 0 Å². The Morgan fingerprint density at radius 3 is 3.08 bits per heavy atom. The van der Waals surface area contributed by atoms with Crippen LogP contribution in [0, 0.1) is 16.0 Å². The van der Waals surface area contributed by atoms with Crippen LogP contribution < -0.4 is 0 Å². The van der Waals surface area contributed by atoms with E-state index in [9.17, 15) is 10.1 Å². The lowest BCUT2D eigenvalue weighted by Gasteiger charge is -1.91. The van der Waals surface area contributed by atoms with E-state index in [1.54, 1.807) is 0 Å². The standard InChI is InChI=1S/C7H9N3O2/c11-10(12)7-4-8-9-6(7)3-5-1-2-5/h4-5H,1-3H2,(H,8,9). The average molecular weight is 167 g/mol. The van der Waals surface area contributed by atoms with E-state index in [0.29, 0.717) is 11.6 Å². The maximum Gasteiger partial charge on any atom is 0.309 e. The molecule has 1 heterocycles. The van der Waals surface area contributed by atoms with E-state index in [1.807, 2.05) is 0 Å². The molecule has 1 aromatic rings. The van der Waals surface area contributed by atoms with Gasteiger partial charge in [-0.15, -0.1) is 0 Å². The Balaban J connectivity index is 2.17. The number of aromatic amines is 1. The fourth-order valence-electron chi connectivity index (χ4n) is 1.22. The summed E-state index contributed by atoms with van der Waals surface area (Å²) in [5.41, 5.74) is 0.726. The summed E-state index contributed by atoms with van der Waals surface area (Å²) in [4.78, 5) is 10.0. The number of hydrogen-bond acceptors (Lipinski definition) is 3. The van der Waals surface area contributed by atoms with Gasteiger partial charge in [0.25, 0.3) is 0 Å². The van der Waals surface area contributed by atoms with E-state index in [4.69, 9.17) is 0 Å². The summed E-state index contributed by atoms with van der Waals surface area (Å²) in [7, 11) is 0. The molecule has 64 valence electrons. The first-order chi connectivity index (χ1) is 5.77. The van der Waals surface area contributed by atoms with Crippen molar-refractivity contribution < 1.29 is 4.92 Å². The van der Waals surface area contributed by atoms with Gasteiger partial charge in [-0.25, -0.2) is 0 Å². The Morgan fingerprint density at radius 1 is 1.75 bits per heavy atom. The smallest absolute Gasteiger partial charge is 0.278 e. The molecule has 1 aromatic heterocycles. The van der Waals surface area contributed by atoms with Crippen molar-refractivity contribution in [3.63, 3.8) is 0 Å². The van der Waals surface area contributed by atoms with Crippen LogP contribution in [0.25, 0.3) is 0 Å². The predicted octanol–water partition coefficient (Wildman–Crippen LogP) is 1.27. The molecule has 2 rings (SSSR count). The summed E-state index contributed by atoms with van der Waals surface area (Å²) in [5, 5.41) is 16.8. The zero-order valence-corrected chi connectivity index (χ0v) is 6.49. The summed E-state index contributed by atoms with van der Waals surface area (Å²) in [6.07, 6.45) is 4.46. The molecule has 1 N–H and O–H groups in total. The van der Waals surface area contributed by atoms with Crippen LogP contribution in [0.2, 0.25) is 0 Å². The van der Waals surface area contributed by atoms with Crippen LogP contribution in [-0.4, -0.2) is 15.1 Å². The number of nitro groups is 1. The summed E-state index contributed by atoms with van der Waals surface area (Å²) >= 11 is 0. The molecule has 1 saturated carbocycles. The minimum atomic E-state index is -0.388. The second kappa shape index (κ2) is 2.58. The fourth-order valence-corrected chi connectivity index (χ4v) is 1.22. The molecule has 0 atom stereocenters. The third-order valence-electron chi connectivity index (χ3n) is 2.07. The molecule has 1 aliphatic rings. The predicted molar refractivity (Wildman–Crippen MR) is 41.7 cm³/mol. The van der Waals surface area contributed by atoms with Crippen LogP contribution in [-0.2, 0) is 6.42 Å². The van der Waals surface area contributed by atoms with Crippen LogP contribution in [0.15, 0.2) is 6.20 Å². The van der Waals surface area contributed by atoms with E-state index in [1.165, 1.54) is 19.0 Å². The molecule has 0 bridgehead atoms. The highest BCUT2D eigenvalue weighted by molar-refractivity contribution is 5.32. The normalized spacial score (nSPS) is 16.3. The molecule has 5 nitrogen and oxygen atoms in total. The van der Waals surface area contributed by atoms with Gasteiger partial charge < -0.3 is 0 Å². The molecule has 0 unspecified atom stereocenters. The molecule has 0 amide bonds. The molecule has 1 aliphatic carbocycles. The maximum atomic E-state index is 10.4. The Kier molecular flexibility index (Phi) is 1.56. The van der Waals surface area contributed by atoms with Gasteiger partial charge in [0.2, 0.25) is 0 Å². The number of nitrogens with zero attached hydrogens (tertiary/aromatic N) is 2. The summed E-state index contributed by atoms with van der Waals surface area (Å²) < 4.78 is 0. The Hall–Kier alpha value is -1.39. The Labute approximate surface area is 68.9 Å². The van der Waals surface area contributed by atoms with Crippen LogP contribution in [0.4, 0.5) is 5.69 Å². The van der Waals surface area contributed by atoms with Crippen molar-refractivity contribution in [3.05, 3.63) is 22.0 Å². The van der Waals surface area contributed by atoms with E-state index >= 15 is 0 Å². The van der Waals surface area contributed by atoms with Crippen LogP contribution in [0.1, 0.15) is 18.5 Å². The van der Waals surface area contributed by atoms with Crippen molar-refractivity contribution in [2.75, 3.05) is 0 Å². The zero-order chi connectivity index (χ0) is 8.55. The zero-order valence-electron chi connectivity index (χ0n) is 6.49. The van der Waals surface area contributed by atoms with Crippen molar-refractivity contribution in [2.24, 2.45) is 5.92 Å². The highest BCUT2D eigenvalue weighted by Crippen LogP contribution is 2.34. The molecule has 0 radical (unpaired) electrons. The third-order valence-corrected chi connectivity index (χ3v) is 2.07. The minimum Gasteiger partial charge on any atom is -0.278 e. The third kappa shape index (κ3) is 1.30. The number of H-pyrrole nitrogens is 1. The van der Waals surface area contributed by atoms with Gasteiger partial charge in [0, 0.05) is 6.42 Å². The van der Waals surface area contributed by atoms with E-state index < -0.39 is 0 Å². The van der Waals surface area contributed by atoms with Gasteiger partial charge in [-0.1, -0.05) is 0 Å². The number of aromatic nitrogens is 2. The molecular formula is C7H9N3O2. The lowest BCUT2D eigenvalue weighted by atomic mass is 10.2. The molecular weight excluding hydrogens is 158 g/mol. The monoisotopic (exact) mass is 167 g/mol.